The number of sulfonamides is 1. The molecule has 0 bridgehead atoms. The fraction of sp³-hybridized carbons (Fsp3) is 0.440. The van der Waals surface area contributed by atoms with Crippen molar-refractivity contribution in [3.05, 3.63) is 59.7 Å². The van der Waals surface area contributed by atoms with Gasteiger partial charge in [-0.05, 0) is 48.1 Å². The molecule has 0 aromatic heterocycles. The van der Waals surface area contributed by atoms with Crippen LogP contribution in [0.5, 0.6) is 0 Å². The van der Waals surface area contributed by atoms with E-state index in [2.05, 4.69) is 29.2 Å². The van der Waals surface area contributed by atoms with Crippen molar-refractivity contribution in [2.75, 3.05) is 11.9 Å². The summed E-state index contributed by atoms with van der Waals surface area (Å²) in [6, 6.07) is 12.4. The topological polar surface area (TPSA) is 104 Å². The number of unbranched alkanes of at least 4 members (excludes halogenated alkanes) is 1. The summed E-state index contributed by atoms with van der Waals surface area (Å²) >= 11 is 0. The molecule has 33 heavy (non-hydrogen) atoms. The highest BCUT2D eigenvalue weighted by Crippen LogP contribution is 2.26. The van der Waals surface area contributed by atoms with Gasteiger partial charge in [-0.25, -0.2) is 8.42 Å². The van der Waals surface area contributed by atoms with Crippen LogP contribution >= 0.6 is 0 Å². The van der Waals surface area contributed by atoms with E-state index >= 15 is 0 Å². The van der Waals surface area contributed by atoms with Crippen LogP contribution in [-0.4, -0.2) is 26.8 Å². The number of hydrogen-bond donors (Lipinski definition) is 3. The lowest BCUT2D eigenvalue weighted by Gasteiger charge is -2.22. The molecule has 2 aromatic rings. The van der Waals surface area contributed by atoms with Gasteiger partial charge >= 0.3 is 0 Å². The monoisotopic (exact) mass is 471 g/mol. The van der Waals surface area contributed by atoms with Crippen molar-refractivity contribution in [2.24, 2.45) is 5.92 Å². The molecule has 3 rings (SSSR count). The quantitative estimate of drug-likeness (QED) is 0.462. The van der Waals surface area contributed by atoms with Crippen LogP contribution in [0.3, 0.4) is 0 Å². The van der Waals surface area contributed by atoms with Crippen molar-refractivity contribution in [2.45, 2.75) is 63.3 Å². The van der Waals surface area contributed by atoms with E-state index in [1.165, 1.54) is 6.07 Å². The second-order valence-corrected chi connectivity index (χ2v) is 10.2. The third-order valence-electron chi connectivity index (χ3n) is 6.06. The zero-order valence-electron chi connectivity index (χ0n) is 19.3. The first-order valence-electron chi connectivity index (χ1n) is 11.6. The van der Waals surface area contributed by atoms with Gasteiger partial charge in [-0.2, -0.15) is 4.72 Å². The summed E-state index contributed by atoms with van der Waals surface area (Å²) in [6.45, 7) is 4.75. The third-order valence-corrected chi connectivity index (χ3v) is 7.48. The molecular formula is C25H33N3O4S. The lowest BCUT2D eigenvalue weighted by molar-refractivity contribution is -0.123. The van der Waals surface area contributed by atoms with E-state index in [9.17, 15) is 18.0 Å². The minimum absolute atomic E-state index is 0.0699. The van der Waals surface area contributed by atoms with Crippen LogP contribution in [-0.2, 0) is 26.0 Å². The number of benzene rings is 2. The number of aryl methyl sites for hydroxylation is 1. The molecule has 0 spiro atoms. The van der Waals surface area contributed by atoms with Gasteiger partial charge in [0.05, 0.1) is 4.90 Å². The molecule has 178 valence electrons. The van der Waals surface area contributed by atoms with Gasteiger partial charge in [0.1, 0.15) is 6.04 Å². The van der Waals surface area contributed by atoms with E-state index in [0.29, 0.717) is 36.6 Å². The Bertz CT molecular complexity index is 1070. The fourth-order valence-corrected chi connectivity index (χ4v) is 5.19. The lowest BCUT2D eigenvalue weighted by atomic mass is 9.99. The minimum atomic E-state index is -3.98. The highest BCUT2D eigenvalue weighted by Gasteiger charge is 2.28. The predicted octanol–water partition coefficient (Wildman–Crippen LogP) is 3.92. The molecule has 0 saturated carbocycles. The maximum atomic E-state index is 13.2. The summed E-state index contributed by atoms with van der Waals surface area (Å²) in [4.78, 5) is 24.8. The number of carbonyl (C=O) groups excluding carboxylic acids is 2. The Labute approximate surface area is 196 Å². The molecule has 0 radical (unpaired) electrons. The summed E-state index contributed by atoms with van der Waals surface area (Å²) in [5, 5.41) is 5.71. The Morgan fingerprint density at radius 1 is 1.09 bits per heavy atom. The SMILES string of the molecule is CCCC[C@@H](CC)CNC(=O)[C@H](NS(=O)(=O)c1ccc2c(c1)CCC(=O)N2)c1ccccc1. The zero-order valence-corrected chi connectivity index (χ0v) is 20.1. The Hall–Kier alpha value is -2.71. The first kappa shape index (κ1) is 24.9. The van der Waals surface area contributed by atoms with E-state index in [-0.39, 0.29) is 16.7 Å². The molecule has 0 aliphatic carbocycles. The van der Waals surface area contributed by atoms with Gasteiger partial charge in [-0.3, -0.25) is 9.59 Å². The Balaban J connectivity index is 1.80. The van der Waals surface area contributed by atoms with Gasteiger partial charge in [0, 0.05) is 18.7 Å². The molecular weight excluding hydrogens is 438 g/mol. The van der Waals surface area contributed by atoms with Gasteiger partial charge in [0.2, 0.25) is 21.8 Å². The standard InChI is InChI=1S/C25H33N3O4S/c1-3-5-9-18(4-2)17-26-25(30)24(19-10-7-6-8-11-19)28-33(31,32)21-13-14-22-20(16-21)12-15-23(29)27-22/h6-8,10-11,13-14,16,18,24,28H,3-5,9,12,15,17H2,1-2H3,(H,26,30)(H,27,29)/t18-,24-/m1/s1. The Morgan fingerprint density at radius 3 is 2.55 bits per heavy atom. The van der Waals surface area contributed by atoms with Crippen molar-refractivity contribution in [1.82, 2.24) is 10.0 Å². The first-order chi connectivity index (χ1) is 15.8. The number of amides is 2. The summed E-state index contributed by atoms with van der Waals surface area (Å²) in [5.41, 5.74) is 1.96. The summed E-state index contributed by atoms with van der Waals surface area (Å²) in [7, 11) is -3.98. The molecule has 7 nitrogen and oxygen atoms in total. The van der Waals surface area contributed by atoms with Crippen LogP contribution in [0.4, 0.5) is 5.69 Å². The molecule has 8 heteroatoms. The Kier molecular flexibility index (Phi) is 8.63. The molecule has 1 aliphatic heterocycles. The molecule has 1 aliphatic rings. The number of nitrogens with one attached hydrogen (secondary N) is 3. The second kappa shape index (κ2) is 11.4. The second-order valence-electron chi connectivity index (χ2n) is 8.49. The zero-order chi connectivity index (χ0) is 23.8. The average molecular weight is 472 g/mol. The number of hydrogen-bond acceptors (Lipinski definition) is 4. The van der Waals surface area contributed by atoms with E-state index in [1.54, 1.807) is 36.4 Å². The number of anilines is 1. The lowest BCUT2D eigenvalue weighted by Crippen LogP contribution is -2.41. The van der Waals surface area contributed by atoms with Crippen molar-refractivity contribution >= 4 is 27.5 Å². The van der Waals surface area contributed by atoms with E-state index in [1.807, 2.05) is 6.07 Å². The average Bonchev–Trinajstić information content (AvgIpc) is 2.82. The van der Waals surface area contributed by atoms with Crippen molar-refractivity contribution < 1.29 is 18.0 Å². The van der Waals surface area contributed by atoms with Crippen LogP contribution < -0.4 is 15.4 Å². The fourth-order valence-electron chi connectivity index (χ4n) is 3.96. The smallest absolute Gasteiger partial charge is 0.242 e. The van der Waals surface area contributed by atoms with Crippen LogP contribution in [0.25, 0.3) is 0 Å². The highest BCUT2D eigenvalue weighted by atomic mass is 32.2. The molecule has 0 unspecified atom stereocenters. The first-order valence-corrected chi connectivity index (χ1v) is 13.1. The molecule has 0 saturated heterocycles. The van der Waals surface area contributed by atoms with Crippen molar-refractivity contribution in [1.29, 1.82) is 0 Å². The van der Waals surface area contributed by atoms with Gasteiger partial charge in [-0.1, -0.05) is 63.4 Å². The third kappa shape index (κ3) is 6.65. The summed E-state index contributed by atoms with van der Waals surface area (Å²) in [5.74, 6) is -0.0934. The molecule has 2 aromatic carbocycles. The van der Waals surface area contributed by atoms with Crippen LogP contribution in [0.15, 0.2) is 53.4 Å². The summed E-state index contributed by atoms with van der Waals surface area (Å²) < 4.78 is 29.1. The van der Waals surface area contributed by atoms with E-state index in [0.717, 1.165) is 31.2 Å². The molecule has 2 amide bonds. The van der Waals surface area contributed by atoms with E-state index < -0.39 is 16.1 Å². The Morgan fingerprint density at radius 2 is 1.85 bits per heavy atom. The maximum Gasteiger partial charge on any atom is 0.242 e. The van der Waals surface area contributed by atoms with Crippen LogP contribution in [0.1, 0.15) is 63.1 Å². The number of carbonyl (C=O) groups is 2. The van der Waals surface area contributed by atoms with Crippen molar-refractivity contribution in [3.63, 3.8) is 0 Å². The van der Waals surface area contributed by atoms with E-state index in [4.69, 9.17) is 0 Å². The molecule has 1 heterocycles. The van der Waals surface area contributed by atoms with Gasteiger partial charge in [-0.15, -0.1) is 0 Å². The largest absolute Gasteiger partial charge is 0.354 e. The molecule has 0 fully saturated rings. The number of fused-ring (bicyclic) bond motifs is 1. The molecule has 2 atom stereocenters. The molecule has 3 N–H and O–H groups in total. The van der Waals surface area contributed by atoms with Crippen LogP contribution in [0, 0.1) is 5.92 Å². The van der Waals surface area contributed by atoms with Crippen molar-refractivity contribution in [3.8, 4) is 0 Å². The maximum absolute atomic E-state index is 13.2. The summed E-state index contributed by atoms with van der Waals surface area (Å²) in [6.07, 6.45) is 4.97. The predicted molar refractivity (Wildman–Crippen MR) is 129 cm³/mol. The van der Waals surface area contributed by atoms with Gasteiger partial charge in [0.15, 0.2) is 0 Å². The minimum Gasteiger partial charge on any atom is -0.354 e. The van der Waals surface area contributed by atoms with Gasteiger partial charge < -0.3 is 10.6 Å². The van der Waals surface area contributed by atoms with Gasteiger partial charge in [0.25, 0.3) is 0 Å². The number of rotatable bonds is 11. The normalized spacial score (nSPS) is 15.3. The highest BCUT2D eigenvalue weighted by molar-refractivity contribution is 7.89. The van der Waals surface area contributed by atoms with Crippen LogP contribution in [0.2, 0.25) is 0 Å².